The lowest BCUT2D eigenvalue weighted by atomic mass is 10.0. The highest BCUT2D eigenvalue weighted by atomic mass is 35.5. The molecular weight excluding hydrogens is 478 g/mol. The lowest BCUT2D eigenvalue weighted by molar-refractivity contribution is 0.0529. The summed E-state index contributed by atoms with van der Waals surface area (Å²) < 4.78 is 16.4. The summed E-state index contributed by atoms with van der Waals surface area (Å²) in [6.45, 7) is 1.87. The number of rotatable bonds is 5. The Hall–Kier alpha value is -3.88. The molecule has 7 nitrogen and oxygen atoms in total. The van der Waals surface area contributed by atoms with Crippen molar-refractivity contribution in [1.29, 1.82) is 0 Å². The molecule has 5 rings (SSSR count). The van der Waals surface area contributed by atoms with Crippen LogP contribution in [0.4, 0.5) is 5.00 Å². The number of amides is 1. The summed E-state index contributed by atoms with van der Waals surface area (Å²) in [4.78, 5) is 38.5. The van der Waals surface area contributed by atoms with E-state index < -0.39 is 11.9 Å². The van der Waals surface area contributed by atoms with Crippen molar-refractivity contribution in [3.05, 3.63) is 86.5 Å². The number of nitrogens with one attached hydrogen (secondary N) is 1. The molecule has 0 spiro atoms. The van der Waals surface area contributed by atoms with E-state index in [0.29, 0.717) is 26.6 Å². The van der Waals surface area contributed by atoms with Crippen molar-refractivity contribution in [1.82, 2.24) is 0 Å². The maximum Gasteiger partial charge on any atom is 0.341 e. The highest BCUT2D eigenvalue weighted by Gasteiger charge is 2.25. The first-order valence-electron chi connectivity index (χ1n) is 10.3. The molecule has 0 unspecified atom stereocenters. The SMILES string of the molecule is CCOC(=O)c1c(-c2ccc(Cl)cc2)csc1NC(=O)c1cc2c(=O)c3ccccc3oc2o1. The van der Waals surface area contributed by atoms with Crippen LogP contribution >= 0.6 is 22.9 Å². The second-order valence-corrected chi connectivity index (χ2v) is 8.59. The molecule has 0 saturated heterocycles. The fourth-order valence-corrected chi connectivity index (χ4v) is 4.65. The number of halogens is 1. The molecule has 0 radical (unpaired) electrons. The molecule has 0 saturated carbocycles. The van der Waals surface area contributed by atoms with Gasteiger partial charge >= 0.3 is 11.7 Å². The smallest absolute Gasteiger partial charge is 0.341 e. The molecular formula is C25H16ClNO6S. The molecule has 0 fully saturated rings. The van der Waals surface area contributed by atoms with Gasteiger partial charge in [0.05, 0.1) is 12.0 Å². The minimum atomic E-state index is -0.634. The van der Waals surface area contributed by atoms with Gasteiger partial charge in [-0.15, -0.1) is 11.3 Å². The van der Waals surface area contributed by atoms with Crippen LogP contribution in [0.1, 0.15) is 27.8 Å². The minimum Gasteiger partial charge on any atom is -0.462 e. The Morgan fingerprint density at radius 3 is 2.59 bits per heavy atom. The number of thiophene rings is 1. The Bertz CT molecular complexity index is 1610. The van der Waals surface area contributed by atoms with Crippen molar-refractivity contribution in [3.8, 4) is 11.1 Å². The van der Waals surface area contributed by atoms with E-state index in [2.05, 4.69) is 5.32 Å². The van der Waals surface area contributed by atoms with Crippen molar-refractivity contribution >= 4 is 62.0 Å². The molecule has 1 N–H and O–H groups in total. The molecule has 9 heteroatoms. The third-order valence-corrected chi connectivity index (χ3v) is 6.30. The largest absolute Gasteiger partial charge is 0.462 e. The average Bonchev–Trinajstić information content (AvgIpc) is 3.45. The summed E-state index contributed by atoms with van der Waals surface area (Å²) >= 11 is 7.16. The second-order valence-electron chi connectivity index (χ2n) is 7.27. The highest BCUT2D eigenvalue weighted by Crippen LogP contribution is 2.37. The zero-order valence-electron chi connectivity index (χ0n) is 17.7. The third kappa shape index (κ3) is 3.87. The molecule has 0 bridgehead atoms. The Labute approximate surface area is 201 Å². The number of carbonyl (C=O) groups is 2. The topological polar surface area (TPSA) is 98.8 Å². The van der Waals surface area contributed by atoms with Gasteiger partial charge in [0.25, 0.3) is 5.91 Å². The molecule has 0 aliphatic carbocycles. The van der Waals surface area contributed by atoms with Crippen molar-refractivity contribution in [3.63, 3.8) is 0 Å². The van der Waals surface area contributed by atoms with Gasteiger partial charge in [0.1, 0.15) is 21.5 Å². The zero-order valence-corrected chi connectivity index (χ0v) is 19.3. The number of ether oxygens (including phenoxy) is 1. The molecule has 3 aromatic heterocycles. The number of benzene rings is 2. The maximum atomic E-state index is 13.0. The van der Waals surface area contributed by atoms with Crippen LogP contribution in [0.3, 0.4) is 0 Å². The van der Waals surface area contributed by atoms with Gasteiger partial charge in [-0.2, -0.15) is 0 Å². The zero-order chi connectivity index (χ0) is 23.8. The summed E-state index contributed by atoms with van der Waals surface area (Å²) in [7, 11) is 0. The van der Waals surface area contributed by atoms with E-state index in [1.807, 2.05) is 0 Å². The number of para-hydroxylation sites is 1. The van der Waals surface area contributed by atoms with Crippen LogP contribution in [0.5, 0.6) is 0 Å². The van der Waals surface area contributed by atoms with Crippen LogP contribution in [-0.2, 0) is 4.74 Å². The van der Waals surface area contributed by atoms with E-state index in [1.165, 1.54) is 17.4 Å². The number of esters is 1. The van der Waals surface area contributed by atoms with Crippen LogP contribution in [0.2, 0.25) is 5.02 Å². The monoisotopic (exact) mass is 493 g/mol. The number of carbonyl (C=O) groups excluding carboxylic acids is 2. The highest BCUT2D eigenvalue weighted by molar-refractivity contribution is 7.15. The molecule has 2 aromatic carbocycles. The fraction of sp³-hybridized carbons (Fsp3) is 0.0800. The molecule has 170 valence electrons. The Morgan fingerprint density at radius 1 is 1.06 bits per heavy atom. The van der Waals surface area contributed by atoms with Gasteiger partial charge < -0.3 is 18.9 Å². The van der Waals surface area contributed by atoms with Gasteiger partial charge in [-0.1, -0.05) is 35.9 Å². The number of hydrogen-bond donors (Lipinski definition) is 1. The number of hydrogen-bond acceptors (Lipinski definition) is 7. The number of fused-ring (bicyclic) bond motifs is 2. The van der Waals surface area contributed by atoms with Crippen molar-refractivity contribution < 1.29 is 23.2 Å². The van der Waals surface area contributed by atoms with Crippen molar-refractivity contribution in [2.45, 2.75) is 6.92 Å². The summed E-state index contributed by atoms with van der Waals surface area (Å²) in [5.41, 5.74) is 1.63. The quantitative estimate of drug-likeness (QED) is 0.286. The van der Waals surface area contributed by atoms with Gasteiger partial charge in [-0.25, -0.2) is 4.79 Å². The minimum absolute atomic E-state index is 0.0486. The van der Waals surface area contributed by atoms with Crippen LogP contribution in [0, 0.1) is 0 Å². The summed E-state index contributed by atoms with van der Waals surface area (Å²) in [6, 6.07) is 15.1. The maximum absolute atomic E-state index is 13.0. The van der Waals surface area contributed by atoms with Crippen molar-refractivity contribution in [2.24, 2.45) is 0 Å². The lowest BCUT2D eigenvalue weighted by Crippen LogP contribution is -2.14. The third-order valence-electron chi connectivity index (χ3n) is 5.15. The first kappa shape index (κ1) is 21.9. The van der Waals surface area contributed by atoms with E-state index >= 15 is 0 Å². The normalized spacial score (nSPS) is 11.1. The second kappa shape index (κ2) is 8.81. The predicted octanol–water partition coefficient (Wildman–Crippen LogP) is 6.35. The average molecular weight is 494 g/mol. The van der Waals surface area contributed by atoms with Gasteiger partial charge in [0.2, 0.25) is 5.43 Å². The molecule has 3 heterocycles. The fourth-order valence-electron chi connectivity index (χ4n) is 3.57. The standard InChI is InChI=1S/C25H16ClNO6S/c1-2-31-24(30)20-17(13-7-9-14(26)10-8-13)12-34-23(20)27-22(29)19-11-16-21(28)15-5-3-4-6-18(15)32-25(16)33-19/h3-12H,2H2,1H3,(H,27,29). The number of furan rings is 1. The molecule has 34 heavy (non-hydrogen) atoms. The first-order valence-corrected chi connectivity index (χ1v) is 11.5. The van der Waals surface area contributed by atoms with Crippen LogP contribution in [0.15, 0.2) is 73.6 Å². The van der Waals surface area contributed by atoms with Crippen LogP contribution < -0.4 is 10.7 Å². The first-order chi connectivity index (χ1) is 16.5. The predicted molar refractivity (Wildman–Crippen MR) is 131 cm³/mol. The van der Waals surface area contributed by atoms with Crippen LogP contribution in [-0.4, -0.2) is 18.5 Å². The lowest BCUT2D eigenvalue weighted by Gasteiger charge is -2.08. The number of anilines is 1. The Kier molecular flexibility index (Phi) is 5.69. The Balaban J connectivity index is 1.53. The van der Waals surface area contributed by atoms with E-state index in [9.17, 15) is 14.4 Å². The summed E-state index contributed by atoms with van der Waals surface area (Å²) in [5, 5.41) is 5.85. The van der Waals surface area contributed by atoms with Gasteiger partial charge in [-0.3, -0.25) is 9.59 Å². The van der Waals surface area contributed by atoms with E-state index in [0.717, 1.165) is 5.56 Å². The molecule has 0 atom stereocenters. The Morgan fingerprint density at radius 2 is 1.82 bits per heavy atom. The summed E-state index contributed by atoms with van der Waals surface area (Å²) in [5.74, 6) is -1.38. The summed E-state index contributed by atoms with van der Waals surface area (Å²) in [6.07, 6.45) is 0. The van der Waals surface area contributed by atoms with E-state index in [-0.39, 0.29) is 34.5 Å². The molecule has 0 aliphatic rings. The molecule has 5 aromatic rings. The van der Waals surface area contributed by atoms with Gasteiger partial charge in [0, 0.05) is 22.0 Å². The molecule has 0 aliphatic heterocycles. The van der Waals surface area contributed by atoms with Crippen LogP contribution in [0.25, 0.3) is 33.3 Å². The van der Waals surface area contributed by atoms with E-state index in [1.54, 1.807) is 60.8 Å². The van der Waals surface area contributed by atoms with Gasteiger partial charge in [0.15, 0.2) is 5.76 Å². The van der Waals surface area contributed by atoms with Crippen molar-refractivity contribution in [2.75, 3.05) is 11.9 Å². The van der Waals surface area contributed by atoms with E-state index in [4.69, 9.17) is 25.2 Å². The van der Waals surface area contributed by atoms with Gasteiger partial charge in [-0.05, 0) is 36.8 Å². The molecule has 1 amide bonds.